The Balaban J connectivity index is 0.966. The van der Waals surface area contributed by atoms with E-state index in [1.54, 1.807) is 0 Å². The molecule has 240 valence electrons. The van der Waals surface area contributed by atoms with Gasteiger partial charge in [-0.25, -0.2) is 0 Å². The van der Waals surface area contributed by atoms with Gasteiger partial charge in [-0.1, -0.05) is 140 Å². The van der Waals surface area contributed by atoms with E-state index >= 15 is 0 Å². The molecule has 0 saturated heterocycles. The maximum absolute atomic E-state index is 2.34. The van der Waals surface area contributed by atoms with Crippen LogP contribution >= 0.6 is 22.7 Å². The van der Waals surface area contributed by atoms with Crippen molar-refractivity contribution in [2.75, 3.05) is 4.90 Å². The van der Waals surface area contributed by atoms with Crippen molar-refractivity contribution in [1.29, 1.82) is 0 Å². The van der Waals surface area contributed by atoms with Gasteiger partial charge in [0.2, 0.25) is 0 Å². The van der Waals surface area contributed by atoms with Gasteiger partial charge < -0.3 is 4.90 Å². The monoisotopic (exact) mass is 685 g/mol. The fraction of sp³-hybridized carbons (Fsp3) is 0. The zero-order valence-electron chi connectivity index (χ0n) is 27.7. The SMILES string of the molecule is c1ccc(N(c2ccc(-c3ccc(-c4cccc5c4sc4ccccc45)cc3)cc2)c2ccc(-c3cccc4c3sc3ccccc34)cc2)cc1. The highest BCUT2D eigenvalue weighted by molar-refractivity contribution is 7.26. The molecular weight excluding hydrogens is 655 g/mol. The molecule has 0 bridgehead atoms. The largest absolute Gasteiger partial charge is 0.311 e. The molecular formula is C48H31NS2. The minimum absolute atomic E-state index is 1.12. The predicted molar refractivity (Wildman–Crippen MR) is 223 cm³/mol. The number of nitrogens with zero attached hydrogens (tertiary/aromatic N) is 1. The number of rotatable bonds is 6. The van der Waals surface area contributed by atoms with Crippen molar-refractivity contribution >= 4 is 80.1 Å². The summed E-state index contributed by atoms with van der Waals surface area (Å²) in [4.78, 5) is 2.34. The van der Waals surface area contributed by atoms with Gasteiger partial charge in [0.1, 0.15) is 0 Å². The van der Waals surface area contributed by atoms with Crippen LogP contribution in [0.3, 0.4) is 0 Å². The van der Waals surface area contributed by atoms with E-state index in [-0.39, 0.29) is 0 Å². The smallest absolute Gasteiger partial charge is 0.0462 e. The Labute approximate surface area is 304 Å². The Morgan fingerprint density at radius 2 is 0.647 bits per heavy atom. The summed E-state index contributed by atoms with van der Waals surface area (Å²) < 4.78 is 5.35. The number of thiophene rings is 2. The maximum Gasteiger partial charge on any atom is 0.0462 e. The molecule has 10 rings (SSSR count). The van der Waals surface area contributed by atoms with Crippen LogP contribution in [0.5, 0.6) is 0 Å². The van der Waals surface area contributed by atoms with Gasteiger partial charge >= 0.3 is 0 Å². The van der Waals surface area contributed by atoms with E-state index in [0.29, 0.717) is 0 Å². The van der Waals surface area contributed by atoms with Crippen LogP contribution in [0.4, 0.5) is 17.1 Å². The van der Waals surface area contributed by atoms with Crippen molar-refractivity contribution in [3.8, 4) is 33.4 Å². The molecule has 2 heterocycles. The third-order valence-electron chi connectivity index (χ3n) is 9.91. The maximum atomic E-state index is 2.34. The molecule has 2 aromatic heterocycles. The van der Waals surface area contributed by atoms with Crippen molar-refractivity contribution < 1.29 is 0 Å². The molecule has 0 unspecified atom stereocenters. The summed E-state index contributed by atoms with van der Waals surface area (Å²) in [7, 11) is 0. The highest BCUT2D eigenvalue weighted by atomic mass is 32.1. The summed E-state index contributed by atoms with van der Waals surface area (Å²) >= 11 is 3.76. The molecule has 0 saturated carbocycles. The van der Waals surface area contributed by atoms with Crippen LogP contribution < -0.4 is 4.90 Å². The number of para-hydroxylation sites is 1. The fourth-order valence-electron chi connectivity index (χ4n) is 7.41. The third kappa shape index (κ3) is 5.21. The molecule has 8 aromatic carbocycles. The zero-order valence-corrected chi connectivity index (χ0v) is 29.3. The van der Waals surface area contributed by atoms with Crippen LogP contribution in [0.2, 0.25) is 0 Å². The molecule has 0 aliphatic carbocycles. The molecule has 0 fully saturated rings. The Bertz CT molecular complexity index is 2830. The number of hydrogen-bond acceptors (Lipinski definition) is 3. The fourth-order valence-corrected chi connectivity index (χ4v) is 9.89. The van der Waals surface area contributed by atoms with Crippen LogP contribution in [0.25, 0.3) is 73.7 Å². The van der Waals surface area contributed by atoms with Gasteiger partial charge in [-0.2, -0.15) is 0 Å². The van der Waals surface area contributed by atoms with Crippen LogP contribution in [0.1, 0.15) is 0 Å². The van der Waals surface area contributed by atoms with Gasteiger partial charge in [-0.15, -0.1) is 22.7 Å². The second-order valence-electron chi connectivity index (χ2n) is 12.9. The topological polar surface area (TPSA) is 3.24 Å². The highest BCUT2D eigenvalue weighted by Crippen LogP contribution is 2.43. The van der Waals surface area contributed by atoms with Crippen LogP contribution in [0, 0.1) is 0 Å². The normalized spacial score (nSPS) is 11.5. The molecule has 0 N–H and O–H groups in total. The minimum atomic E-state index is 1.12. The molecule has 0 radical (unpaired) electrons. The first-order chi connectivity index (χ1) is 25.3. The van der Waals surface area contributed by atoms with Crippen molar-refractivity contribution in [3.63, 3.8) is 0 Å². The van der Waals surface area contributed by atoms with Crippen LogP contribution in [-0.2, 0) is 0 Å². The summed E-state index contributed by atoms with van der Waals surface area (Å²) in [6, 6.07) is 68.4. The average molecular weight is 686 g/mol. The van der Waals surface area contributed by atoms with E-state index in [9.17, 15) is 0 Å². The summed E-state index contributed by atoms with van der Waals surface area (Å²) in [6.45, 7) is 0. The zero-order chi connectivity index (χ0) is 33.7. The van der Waals surface area contributed by atoms with E-state index in [2.05, 4.69) is 193 Å². The van der Waals surface area contributed by atoms with E-state index in [1.165, 1.54) is 73.7 Å². The first-order valence-corrected chi connectivity index (χ1v) is 18.9. The Morgan fingerprint density at radius 3 is 1.16 bits per heavy atom. The van der Waals surface area contributed by atoms with Gasteiger partial charge in [-0.05, 0) is 81.9 Å². The van der Waals surface area contributed by atoms with Crippen molar-refractivity contribution in [1.82, 2.24) is 0 Å². The quantitative estimate of drug-likeness (QED) is 0.168. The van der Waals surface area contributed by atoms with E-state index in [1.807, 2.05) is 22.7 Å². The first kappa shape index (κ1) is 29.9. The summed E-state index contributed by atoms with van der Waals surface area (Å²) in [5.41, 5.74) is 10.8. The number of anilines is 3. The molecule has 0 amide bonds. The molecule has 0 aliphatic rings. The van der Waals surface area contributed by atoms with Gasteiger partial charge in [0.05, 0.1) is 0 Å². The van der Waals surface area contributed by atoms with Gasteiger partial charge in [0.15, 0.2) is 0 Å². The summed E-state index contributed by atoms with van der Waals surface area (Å²) in [5, 5.41) is 5.32. The molecule has 10 aromatic rings. The Kier molecular flexibility index (Phi) is 7.26. The van der Waals surface area contributed by atoms with Gasteiger partial charge in [0.25, 0.3) is 0 Å². The second kappa shape index (κ2) is 12.4. The van der Waals surface area contributed by atoms with E-state index in [4.69, 9.17) is 0 Å². The molecule has 1 nitrogen and oxygen atoms in total. The third-order valence-corrected chi connectivity index (χ3v) is 12.4. The first-order valence-electron chi connectivity index (χ1n) is 17.3. The Hall–Kier alpha value is -6.00. The number of hydrogen-bond donors (Lipinski definition) is 0. The van der Waals surface area contributed by atoms with Gasteiger partial charge in [-0.3, -0.25) is 0 Å². The van der Waals surface area contributed by atoms with Crippen molar-refractivity contribution in [2.45, 2.75) is 0 Å². The minimum Gasteiger partial charge on any atom is -0.311 e. The summed E-state index contributed by atoms with van der Waals surface area (Å²) in [5.74, 6) is 0. The van der Waals surface area contributed by atoms with Gasteiger partial charge in [0, 0.05) is 57.4 Å². The lowest BCUT2D eigenvalue weighted by Crippen LogP contribution is -2.09. The van der Waals surface area contributed by atoms with Crippen LogP contribution in [0.15, 0.2) is 188 Å². The molecule has 51 heavy (non-hydrogen) atoms. The number of fused-ring (bicyclic) bond motifs is 6. The lowest BCUT2D eigenvalue weighted by atomic mass is 9.99. The second-order valence-corrected chi connectivity index (χ2v) is 15.0. The molecule has 3 heteroatoms. The Morgan fingerprint density at radius 1 is 0.275 bits per heavy atom. The molecule has 0 spiro atoms. The average Bonchev–Trinajstić information content (AvgIpc) is 3.78. The van der Waals surface area contributed by atoms with Crippen molar-refractivity contribution in [2.24, 2.45) is 0 Å². The summed E-state index contributed by atoms with van der Waals surface area (Å²) in [6.07, 6.45) is 0. The van der Waals surface area contributed by atoms with E-state index in [0.717, 1.165) is 17.1 Å². The van der Waals surface area contributed by atoms with Crippen molar-refractivity contribution in [3.05, 3.63) is 188 Å². The predicted octanol–water partition coefficient (Wildman–Crippen LogP) is 14.9. The lowest BCUT2D eigenvalue weighted by molar-refractivity contribution is 1.28. The van der Waals surface area contributed by atoms with Crippen LogP contribution in [-0.4, -0.2) is 0 Å². The standard InChI is InChI=1S/C48H31NS2/c1-2-10-36(11-3-1)49(38-30-26-35(27-31-38)40-15-9-17-44-42-13-5-7-19-46(42)51-48(40)44)37-28-24-33(25-29-37)32-20-22-34(23-21-32)39-14-8-16-43-41-12-4-6-18-45(41)50-47(39)43/h1-31H. The highest BCUT2D eigenvalue weighted by Gasteiger charge is 2.15. The lowest BCUT2D eigenvalue weighted by Gasteiger charge is -2.26. The van der Waals surface area contributed by atoms with E-state index < -0.39 is 0 Å². The molecule has 0 aliphatic heterocycles. The number of benzene rings is 8. The molecule has 0 atom stereocenters.